The smallest absolute Gasteiger partial charge is 0.396 e. The Labute approximate surface area is 261 Å². The van der Waals surface area contributed by atoms with Crippen molar-refractivity contribution in [2.24, 2.45) is 0 Å². The van der Waals surface area contributed by atoms with Crippen LogP contribution in [-0.4, -0.2) is 56.0 Å². The average Bonchev–Trinajstić information content (AvgIpc) is 3.49. The van der Waals surface area contributed by atoms with Gasteiger partial charge in [0.15, 0.2) is 5.69 Å². The Morgan fingerprint density at radius 2 is 1.89 bits per heavy atom. The standard InChI is InChI=1S/C27H27ClF3N8O5P/c1-3-43-45(42)44-15-16-5-6-21(19(28)11-16)37-26-33-13-18(27(29,30)31)24(38-26)36-22-8-7-20(35-23(22)25(41)32-2)17-12-34-39(14-17)9-4-10-40/h5-8,11-14,40H,3-4,9-10,15H2,1-2H3,(H2-,32,33,36,37,38,41)/p+1. The van der Waals surface area contributed by atoms with Crippen molar-refractivity contribution in [2.75, 3.05) is 30.9 Å². The number of aryl methyl sites for hydroxylation is 1. The number of carbonyl (C=O) groups is 1. The third-order valence-corrected chi connectivity index (χ3v) is 7.13. The van der Waals surface area contributed by atoms with E-state index in [-0.39, 0.29) is 47.9 Å². The van der Waals surface area contributed by atoms with Crippen LogP contribution in [-0.2, 0) is 32.9 Å². The van der Waals surface area contributed by atoms with Gasteiger partial charge in [-0.05, 0) is 43.2 Å². The van der Waals surface area contributed by atoms with Gasteiger partial charge in [0.05, 0.1) is 28.3 Å². The Balaban J connectivity index is 1.62. The third-order valence-electron chi connectivity index (χ3n) is 6.01. The molecule has 238 valence electrons. The molecule has 0 bridgehead atoms. The monoisotopic (exact) mass is 667 g/mol. The summed E-state index contributed by atoms with van der Waals surface area (Å²) in [5.41, 5.74) is 0.332. The van der Waals surface area contributed by atoms with Crippen molar-refractivity contribution in [3.8, 4) is 11.3 Å². The molecule has 0 saturated carbocycles. The van der Waals surface area contributed by atoms with E-state index in [0.717, 1.165) is 0 Å². The molecule has 45 heavy (non-hydrogen) atoms. The van der Waals surface area contributed by atoms with Crippen LogP contribution < -0.4 is 16.0 Å². The van der Waals surface area contributed by atoms with Crippen molar-refractivity contribution in [2.45, 2.75) is 32.7 Å². The molecule has 0 spiro atoms. The first-order valence-corrected chi connectivity index (χ1v) is 14.9. The van der Waals surface area contributed by atoms with E-state index < -0.39 is 31.7 Å². The molecule has 1 amide bonds. The van der Waals surface area contributed by atoms with Crippen LogP contribution in [0.3, 0.4) is 0 Å². The van der Waals surface area contributed by atoms with Crippen molar-refractivity contribution in [3.63, 3.8) is 0 Å². The van der Waals surface area contributed by atoms with E-state index in [9.17, 15) is 22.5 Å². The number of aliphatic hydroxyl groups is 1. The minimum absolute atomic E-state index is 0.0106. The number of carbonyl (C=O) groups excluding carboxylic acids is 1. The molecule has 0 radical (unpaired) electrons. The second-order valence-electron chi connectivity index (χ2n) is 9.17. The number of pyridine rings is 1. The molecule has 0 fully saturated rings. The highest BCUT2D eigenvalue weighted by molar-refractivity contribution is 7.33. The van der Waals surface area contributed by atoms with Crippen LogP contribution >= 0.6 is 19.9 Å². The van der Waals surface area contributed by atoms with Gasteiger partial charge in [0.1, 0.15) is 24.6 Å². The van der Waals surface area contributed by atoms with E-state index in [0.29, 0.717) is 36.0 Å². The van der Waals surface area contributed by atoms with Crippen LogP contribution in [0.4, 0.5) is 36.3 Å². The molecule has 13 nitrogen and oxygen atoms in total. The molecule has 3 heterocycles. The highest BCUT2D eigenvalue weighted by Crippen LogP contribution is 2.37. The summed E-state index contributed by atoms with van der Waals surface area (Å²) in [6.07, 6.45) is -0.553. The lowest BCUT2D eigenvalue weighted by Crippen LogP contribution is -2.21. The number of aromatic nitrogens is 5. The van der Waals surface area contributed by atoms with Gasteiger partial charge >= 0.3 is 14.4 Å². The summed E-state index contributed by atoms with van der Waals surface area (Å²) in [5.74, 6) is -1.52. The third kappa shape index (κ3) is 8.93. The lowest BCUT2D eigenvalue weighted by Gasteiger charge is -2.17. The Bertz CT molecular complexity index is 1670. The fraction of sp³-hybridized carbons (Fsp3) is 0.296. The molecular formula is C27H28ClF3N8O5P+. The number of aliphatic hydroxyl groups excluding tert-OH is 1. The van der Waals surface area contributed by atoms with Crippen molar-refractivity contribution < 1.29 is 36.7 Å². The normalized spacial score (nSPS) is 11.8. The molecule has 0 aliphatic carbocycles. The van der Waals surface area contributed by atoms with E-state index in [1.165, 1.54) is 37.5 Å². The highest BCUT2D eigenvalue weighted by atomic mass is 35.5. The summed E-state index contributed by atoms with van der Waals surface area (Å²) in [6.45, 7) is 2.29. The van der Waals surface area contributed by atoms with Crippen molar-refractivity contribution in [1.82, 2.24) is 30.0 Å². The van der Waals surface area contributed by atoms with Gasteiger partial charge in [-0.1, -0.05) is 17.7 Å². The molecule has 1 aromatic carbocycles. The Morgan fingerprint density at radius 3 is 2.58 bits per heavy atom. The maximum atomic E-state index is 14.0. The fourth-order valence-electron chi connectivity index (χ4n) is 3.88. The lowest BCUT2D eigenvalue weighted by molar-refractivity contribution is -0.137. The number of hydrogen-bond acceptors (Lipinski definition) is 11. The molecule has 0 aliphatic heterocycles. The summed E-state index contributed by atoms with van der Waals surface area (Å²) < 4.78 is 65.1. The summed E-state index contributed by atoms with van der Waals surface area (Å²) in [5, 5.41) is 21.2. The molecule has 4 aromatic rings. The minimum Gasteiger partial charge on any atom is -0.396 e. The zero-order valence-corrected chi connectivity index (χ0v) is 25.6. The first kappa shape index (κ1) is 33.7. The largest absolute Gasteiger partial charge is 0.697 e. The maximum absolute atomic E-state index is 14.0. The topological polar surface area (TPSA) is 165 Å². The van der Waals surface area contributed by atoms with Crippen LogP contribution in [0.25, 0.3) is 11.3 Å². The van der Waals surface area contributed by atoms with Crippen molar-refractivity contribution >= 4 is 48.9 Å². The van der Waals surface area contributed by atoms with Gasteiger partial charge in [0.25, 0.3) is 5.91 Å². The number of alkyl halides is 3. The SMILES string of the molecule is CCO[P+](=O)OCc1ccc(Nc2ncc(C(F)(F)F)c(Nc3ccc(-c4cnn(CCCO)c4)nc3C(=O)NC)n2)c(Cl)c1. The lowest BCUT2D eigenvalue weighted by atomic mass is 10.1. The van der Waals surface area contributed by atoms with Gasteiger partial charge in [0, 0.05) is 42.7 Å². The zero-order chi connectivity index (χ0) is 32.6. The van der Waals surface area contributed by atoms with Gasteiger partial charge in [-0.3, -0.25) is 9.48 Å². The number of rotatable bonds is 14. The molecule has 4 rings (SSSR count). The zero-order valence-electron chi connectivity index (χ0n) is 23.9. The van der Waals surface area contributed by atoms with Crippen LogP contribution in [0.5, 0.6) is 0 Å². The molecule has 0 aliphatic rings. The molecule has 1 unspecified atom stereocenters. The van der Waals surface area contributed by atoms with E-state index in [4.69, 9.17) is 25.8 Å². The molecule has 0 saturated heterocycles. The summed E-state index contributed by atoms with van der Waals surface area (Å²) >= 11 is 6.35. The minimum atomic E-state index is -4.84. The second-order valence-corrected chi connectivity index (χ2v) is 10.5. The summed E-state index contributed by atoms with van der Waals surface area (Å²) in [7, 11) is -0.928. The molecule has 3 aromatic heterocycles. The Hall–Kier alpha value is -4.21. The van der Waals surface area contributed by atoms with Crippen molar-refractivity contribution in [1.29, 1.82) is 0 Å². The van der Waals surface area contributed by atoms with Gasteiger partial charge in [-0.2, -0.15) is 23.3 Å². The van der Waals surface area contributed by atoms with E-state index in [1.54, 1.807) is 23.9 Å². The van der Waals surface area contributed by atoms with Gasteiger partial charge < -0.3 is 21.1 Å². The second kappa shape index (κ2) is 15.2. The fourth-order valence-corrected chi connectivity index (χ4v) is 4.67. The quantitative estimate of drug-likeness (QED) is 0.119. The predicted molar refractivity (Wildman–Crippen MR) is 160 cm³/mol. The van der Waals surface area contributed by atoms with Gasteiger partial charge in [-0.25, -0.2) is 9.97 Å². The van der Waals surface area contributed by atoms with Gasteiger partial charge in [0.2, 0.25) is 5.95 Å². The van der Waals surface area contributed by atoms with E-state index >= 15 is 0 Å². The molecular weight excluding hydrogens is 640 g/mol. The Morgan fingerprint density at radius 1 is 1.11 bits per heavy atom. The molecule has 4 N–H and O–H groups in total. The first-order chi connectivity index (χ1) is 21.5. The number of nitrogens with zero attached hydrogens (tertiary/aromatic N) is 5. The van der Waals surface area contributed by atoms with Crippen molar-refractivity contribution in [3.05, 3.63) is 70.8 Å². The number of halogens is 4. The van der Waals surface area contributed by atoms with Crippen LogP contribution in [0.1, 0.15) is 35.0 Å². The number of anilines is 4. The molecule has 1 atom stereocenters. The predicted octanol–water partition coefficient (Wildman–Crippen LogP) is 5.85. The average molecular weight is 668 g/mol. The first-order valence-electron chi connectivity index (χ1n) is 13.4. The number of hydrogen-bond donors (Lipinski definition) is 4. The molecule has 18 heteroatoms. The van der Waals surface area contributed by atoms with Gasteiger partial charge in [-0.15, -0.1) is 9.05 Å². The van der Waals surface area contributed by atoms with Crippen LogP contribution in [0.15, 0.2) is 48.9 Å². The number of benzene rings is 1. The Kier molecular flexibility index (Phi) is 11.4. The number of nitrogens with one attached hydrogen (secondary N) is 3. The van der Waals surface area contributed by atoms with E-state index in [1.807, 2.05) is 0 Å². The number of amides is 1. The summed E-state index contributed by atoms with van der Waals surface area (Å²) in [6, 6.07) is 7.57. The van der Waals surface area contributed by atoms with Crippen LogP contribution in [0, 0.1) is 0 Å². The van der Waals surface area contributed by atoms with E-state index in [2.05, 4.69) is 36.0 Å². The summed E-state index contributed by atoms with van der Waals surface area (Å²) in [4.78, 5) is 24.9. The highest BCUT2D eigenvalue weighted by Gasteiger charge is 2.36. The maximum Gasteiger partial charge on any atom is 0.697 e. The van der Waals surface area contributed by atoms with Crippen LogP contribution in [0.2, 0.25) is 5.02 Å².